The Bertz CT molecular complexity index is 571. The lowest BCUT2D eigenvalue weighted by Crippen LogP contribution is -2.06. The van der Waals surface area contributed by atoms with E-state index in [1.807, 2.05) is 6.20 Å². The lowest BCUT2D eigenvalue weighted by atomic mass is 10.0. The fraction of sp³-hybridized carbons (Fsp3) is 0.400. The van der Waals surface area contributed by atoms with Gasteiger partial charge >= 0.3 is 0 Å². The van der Waals surface area contributed by atoms with Gasteiger partial charge in [0.1, 0.15) is 0 Å². The Kier molecular flexibility index (Phi) is 4.02. The van der Waals surface area contributed by atoms with Gasteiger partial charge in [-0.15, -0.1) is 0 Å². The van der Waals surface area contributed by atoms with E-state index in [1.54, 1.807) is 0 Å². The summed E-state index contributed by atoms with van der Waals surface area (Å²) in [6, 6.07) is 6.54. The van der Waals surface area contributed by atoms with Crippen molar-refractivity contribution in [3.05, 3.63) is 46.0 Å². The van der Waals surface area contributed by atoms with Gasteiger partial charge in [0, 0.05) is 11.9 Å². The van der Waals surface area contributed by atoms with E-state index in [9.17, 15) is 0 Å². The summed E-state index contributed by atoms with van der Waals surface area (Å²) in [4.78, 5) is 3.17. The van der Waals surface area contributed by atoms with E-state index in [1.165, 1.54) is 22.5 Å². The van der Waals surface area contributed by atoms with Crippen molar-refractivity contribution in [3.8, 4) is 5.69 Å². The molecule has 0 amide bonds. The number of benzene rings is 1. The molecule has 96 valence electrons. The van der Waals surface area contributed by atoms with E-state index in [4.69, 9.17) is 12.2 Å². The SMILES string of the molecule is CCc1cccc(CC)c1-n1c(CC)c[nH]c1=S. The summed E-state index contributed by atoms with van der Waals surface area (Å²) < 4.78 is 3.00. The third-order valence-corrected chi connectivity index (χ3v) is 3.70. The van der Waals surface area contributed by atoms with Crippen LogP contribution in [0.3, 0.4) is 0 Å². The average molecular weight is 260 g/mol. The second-order valence-electron chi connectivity index (χ2n) is 4.41. The Labute approximate surface area is 114 Å². The maximum Gasteiger partial charge on any atom is 0.182 e. The molecule has 0 fully saturated rings. The lowest BCUT2D eigenvalue weighted by molar-refractivity contribution is 0.884. The van der Waals surface area contributed by atoms with Crippen molar-refractivity contribution in [1.29, 1.82) is 0 Å². The maximum absolute atomic E-state index is 5.44. The molecule has 2 nitrogen and oxygen atoms in total. The van der Waals surface area contributed by atoms with Crippen LogP contribution in [0, 0.1) is 4.77 Å². The monoisotopic (exact) mass is 260 g/mol. The number of nitrogens with zero attached hydrogens (tertiary/aromatic N) is 1. The first-order valence-electron chi connectivity index (χ1n) is 6.63. The zero-order valence-corrected chi connectivity index (χ0v) is 12.1. The number of imidazole rings is 1. The molecule has 2 aromatic rings. The molecule has 1 aromatic carbocycles. The molecule has 3 heteroatoms. The molecule has 1 N–H and O–H groups in total. The molecule has 0 bridgehead atoms. The highest BCUT2D eigenvalue weighted by Crippen LogP contribution is 2.23. The van der Waals surface area contributed by atoms with Crippen LogP contribution in [0.4, 0.5) is 0 Å². The van der Waals surface area contributed by atoms with Crippen LogP contribution in [-0.2, 0) is 19.3 Å². The molecule has 2 rings (SSSR count). The molecule has 0 unspecified atom stereocenters. The first-order chi connectivity index (χ1) is 8.72. The molecule has 0 saturated heterocycles. The minimum atomic E-state index is 0.794. The van der Waals surface area contributed by atoms with Crippen molar-refractivity contribution in [2.75, 3.05) is 0 Å². The predicted molar refractivity (Wildman–Crippen MR) is 79.1 cm³/mol. The Morgan fingerprint density at radius 3 is 2.17 bits per heavy atom. The number of hydrogen-bond donors (Lipinski definition) is 1. The predicted octanol–water partition coefficient (Wildman–Crippen LogP) is 4.22. The van der Waals surface area contributed by atoms with Gasteiger partial charge in [-0.25, -0.2) is 0 Å². The summed E-state index contributed by atoms with van der Waals surface area (Å²) in [7, 11) is 0. The van der Waals surface area contributed by atoms with Gasteiger partial charge in [-0.3, -0.25) is 4.57 Å². The van der Waals surface area contributed by atoms with Crippen molar-refractivity contribution >= 4 is 12.2 Å². The van der Waals surface area contributed by atoms with Crippen molar-refractivity contribution in [1.82, 2.24) is 9.55 Å². The smallest absolute Gasteiger partial charge is 0.182 e. The summed E-state index contributed by atoms with van der Waals surface area (Å²) in [6.07, 6.45) is 5.06. The highest BCUT2D eigenvalue weighted by Gasteiger charge is 2.12. The van der Waals surface area contributed by atoms with E-state index in [-0.39, 0.29) is 0 Å². The van der Waals surface area contributed by atoms with Gasteiger partial charge < -0.3 is 4.98 Å². The first-order valence-corrected chi connectivity index (χ1v) is 7.04. The minimum Gasteiger partial charge on any atom is -0.337 e. The third-order valence-electron chi connectivity index (χ3n) is 3.40. The molecule has 0 aliphatic carbocycles. The summed E-state index contributed by atoms with van der Waals surface area (Å²) in [5.74, 6) is 0. The number of H-pyrrole nitrogens is 1. The summed E-state index contributed by atoms with van der Waals surface area (Å²) in [5.41, 5.74) is 5.25. The van der Waals surface area contributed by atoms with E-state index < -0.39 is 0 Å². The normalized spacial score (nSPS) is 10.8. The number of nitrogens with one attached hydrogen (secondary N) is 1. The number of aryl methyl sites for hydroxylation is 3. The lowest BCUT2D eigenvalue weighted by Gasteiger charge is -2.16. The molecular formula is C15H20N2S. The highest BCUT2D eigenvalue weighted by molar-refractivity contribution is 7.71. The average Bonchev–Trinajstić information content (AvgIpc) is 2.78. The van der Waals surface area contributed by atoms with Crippen molar-refractivity contribution in [2.45, 2.75) is 40.0 Å². The molecule has 1 aromatic heterocycles. The molecule has 1 heterocycles. The van der Waals surface area contributed by atoms with Crippen LogP contribution < -0.4 is 0 Å². The zero-order valence-electron chi connectivity index (χ0n) is 11.3. The second-order valence-corrected chi connectivity index (χ2v) is 4.79. The van der Waals surface area contributed by atoms with E-state index in [2.05, 4.69) is 48.5 Å². The van der Waals surface area contributed by atoms with Crippen LogP contribution in [0.1, 0.15) is 37.6 Å². The number of aromatic nitrogens is 2. The Hall–Kier alpha value is -1.35. The Balaban J connectivity index is 2.76. The fourth-order valence-electron chi connectivity index (χ4n) is 2.41. The maximum atomic E-state index is 5.44. The van der Waals surface area contributed by atoms with Gasteiger partial charge in [-0.05, 0) is 42.6 Å². The molecule has 0 aliphatic heterocycles. The van der Waals surface area contributed by atoms with Crippen LogP contribution in [0.5, 0.6) is 0 Å². The summed E-state index contributed by atoms with van der Waals surface area (Å²) >= 11 is 5.44. The zero-order chi connectivity index (χ0) is 13.1. The van der Waals surface area contributed by atoms with Gasteiger partial charge in [0.15, 0.2) is 4.77 Å². The number of aromatic amines is 1. The van der Waals surface area contributed by atoms with Crippen LogP contribution in [-0.4, -0.2) is 9.55 Å². The molecule has 0 aliphatic rings. The molecule has 0 atom stereocenters. The van der Waals surface area contributed by atoms with E-state index >= 15 is 0 Å². The van der Waals surface area contributed by atoms with Crippen molar-refractivity contribution < 1.29 is 0 Å². The summed E-state index contributed by atoms with van der Waals surface area (Å²) in [6.45, 7) is 6.55. The molecule has 18 heavy (non-hydrogen) atoms. The second kappa shape index (κ2) is 5.53. The molecular weight excluding hydrogens is 240 g/mol. The Morgan fingerprint density at radius 2 is 1.67 bits per heavy atom. The van der Waals surface area contributed by atoms with Gasteiger partial charge in [0.2, 0.25) is 0 Å². The molecule has 0 saturated carbocycles. The third kappa shape index (κ3) is 2.15. The fourth-order valence-corrected chi connectivity index (χ4v) is 2.68. The Morgan fingerprint density at radius 1 is 1.06 bits per heavy atom. The number of rotatable bonds is 4. The van der Waals surface area contributed by atoms with Crippen LogP contribution in [0.2, 0.25) is 0 Å². The number of hydrogen-bond acceptors (Lipinski definition) is 1. The first kappa shape index (κ1) is 13.1. The van der Waals surface area contributed by atoms with Crippen LogP contribution in [0.25, 0.3) is 5.69 Å². The minimum absolute atomic E-state index is 0.794. The largest absolute Gasteiger partial charge is 0.337 e. The van der Waals surface area contributed by atoms with Crippen LogP contribution in [0.15, 0.2) is 24.4 Å². The standard InChI is InChI=1S/C15H20N2S/c1-4-11-8-7-9-12(5-2)14(11)17-13(6-3)10-16-15(17)18/h7-10H,4-6H2,1-3H3,(H,16,18). The summed E-state index contributed by atoms with van der Waals surface area (Å²) in [5, 5.41) is 0. The van der Waals surface area contributed by atoms with Gasteiger partial charge in [-0.1, -0.05) is 39.0 Å². The molecule has 0 spiro atoms. The van der Waals surface area contributed by atoms with E-state index in [0.29, 0.717) is 0 Å². The van der Waals surface area contributed by atoms with Crippen molar-refractivity contribution in [2.24, 2.45) is 0 Å². The van der Waals surface area contributed by atoms with Crippen LogP contribution >= 0.6 is 12.2 Å². The highest BCUT2D eigenvalue weighted by atomic mass is 32.1. The van der Waals surface area contributed by atoms with Crippen molar-refractivity contribution in [3.63, 3.8) is 0 Å². The van der Waals surface area contributed by atoms with Gasteiger partial charge in [0.05, 0.1) is 5.69 Å². The topological polar surface area (TPSA) is 20.7 Å². The van der Waals surface area contributed by atoms with Gasteiger partial charge in [-0.2, -0.15) is 0 Å². The quantitative estimate of drug-likeness (QED) is 0.816. The molecule has 0 radical (unpaired) electrons. The van der Waals surface area contributed by atoms with Gasteiger partial charge in [0.25, 0.3) is 0 Å². The number of para-hydroxylation sites is 1. The van der Waals surface area contributed by atoms with E-state index in [0.717, 1.165) is 24.0 Å².